The number of piperidine rings is 1. The third kappa shape index (κ3) is 4.56. The van der Waals surface area contributed by atoms with E-state index in [1.165, 1.54) is 5.56 Å². The predicted molar refractivity (Wildman–Crippen MR) is 132 cm³/mol. The average Bonchev–Trinajstić information content (AvgIpc) is 3.04. The van der Waals surface area contributed by atoms with Crippen LogP contribution >= 0.6 is 11.6 Å². The van der Waals surface area contributed by atoms with Crippen LogP contribution < -0.4 is 11.1 Å². The van der Waals surface area contributed by atoms with Crippen molar-refractivity contribution in [2.24, 2.45) is 0 Å². The number of aromatic amines is 1. The Morgan fingerprint density at radius 1 is 1.19 bits per heavy atom. The van der Waals surface area contributed by atoms with Crippen LogP contribution in [-0.4, -0.2) is 39.0 Å². The molecule has 5 rings (SSSR count). The smallest absolute Gasteiger partial charge is 0.223 e. The molecule has 32 heavy (non-hydrogen) atoms. The Labute approximate surface area is 193 Å². The molecule has 0 spiro atoms. The number of halogens is 1. The van der Waals surface area contributed by atoms with E-state index < -0.39 is 0 Å². The van der Waals surface area contributed by atoms with Gasteiger partial charge in [0.1, 0.15) is 0 Å². The average molecular weight is 447 g/mol. The number of nitrogens with zero attached hydrogens (tertiary/aromatic N) is 3. The summed E-state index contributed by atoms with van der Waals surface area (Å²) >= 11 is 6.50. The van der Waals surface area contributed by atoms with E-state index in [0.29, 0.717) is 17.0 Å². The molecule has 4 N–H and O–H groups in total. The number of nitrogens with two attached hydrogens (primary N) is 1. The van der Waals surface area contributed by atoms with Crippen LogP contribution in [0.1, 0.15) is 36.1 Å². The Morgan fingerprint density at radius 3 is 2.88 bits per heavy atom. The van der Waals surface area contributed by atoms with Crippen LogP contribution in [0.4, 0.5) is 11.6 Å². The van der Waals surface area contributed by atoms with Crippen molar-refractivity contribution in [2.45, 2.75) is 31.8 Å². The fourth-order valence-electron chi connectivity index (χ4n) is 4.41. The highest BCUT2D eigenvalue weighted by Gasteiger charge is 2.21. The molecule has 2 aromatic heterocycles. The number of likely N-dealkylation sites (tertiary alicyclic amines) is 1. The van der Waals surface area contributed by atoms with Gasteiger partial charge >= 0.3 is 0 Å². The lowest BCUT2D eigenvalue weighted by Gasteiger charge is -2.32. The van der Waals surface area contributed by atoms with Crippen molar-refractivity contribution in [1.82, 2.24) is 19.9 Å². The molecule has 0 saturated carbocycles. The molecule has 7 heteroatoms. The fourth-order valence-corrected chi connectivity index (χ4v) is 4.60. The number of rotatable bonds is 5. The first-order chi connectivity index (χ1) is 15.7. The Hall–Kier alpha value is -3.09. The van der Waals surface area contributed by atoms with Gasteiger partial charge in [0.05, 0.1) is 16.9 Å². The highest BCUT2D eigenvalue weighted by molar-refractivity contribution is 6.33. The first kappa shape index (κ1) is 20.8. The zero-order chi connectivity index (χ0) is 21.9. The second-order valence-electron chi connectivity index (χ2n) is 8.40. The Balaban J connectivity index is 1.26. The zero-order valence-electron chi connectivity index (χ0n) is 17.9. The number of nitrogen functional groups attached to an aromatic ring is 1. The third-order valence-corrected chi connectivity index (χ3v) is 6.35. The summed E-state index contributed by atoms with van der Waals surface area (Å²) in [6.07, 6.45) is 15.2. The van der Waals surface area contributed by atoms with Crippen LogP contribution in [0.2, 0.25) is 5.02 Å². The Morgan fingerprint density at radius 2 is 2.03 bits per heavy atom. The topological polar surface area (TPSA) is 82.9 Å². The fraction of sp³-hybridized carbons (Fsp3) is 0.280. The van der Waals surface area contributed by atoms with Crippen LogP contribution in [-0.2, 0) is 6.54 Å². The van der Waals surface area contributed by atoms with Crippen molar-refractivity contribution in [3.8, 4) is 11.3 Å². The molecule has 6 nitrogen and oxygen atoms in total. The molecule has 1 aliphatic carbocycles. The number of hydrogen-bond acceptors (Lipinski definition) is 5. The molecule has 1 aromatic carbocycles. The molecule has 0 radical (unpaired) electrons. The second-order valence-corrected chi connectivity index (χ2v) is 8.81. The van der Waals surface area contributed by atoms with E-state index in [1.807, 2.05) is 18.3 Å². The van der Waals surface area contributed by atoms with Gasteiger partial charge in [0, 0.05) is 54.4 Å². The van der Waals surface area contributed by atoms with Gasteiger partial charge in [0.15, 0.2) is 0 Å². The van der Waals surface area contributed by atoms with E-state index >= 15 is 0 Å². The van der Waals surface area contributed by atoms with Crippen LogP contribution in [0.25, 0.3) is 23.4 Å². The maximum Gasteiger partial charge on any atom is 0.223 e. The third-order valence-electron chi connectivity index (χ3n) is 6.07. The first-order valence-corrected chi connectivity index (χ1v) is 11.4. The van der Waals surface area contributed by atoms with E-state index in [4.69, 9.17) is 22.3 Å². The Kier molecular flexibility index (Phi) is 5.97. The quantitative estimate of drug-likeness (QED) is 0.468. The number of H-pyrrole nitrogens is 1. The molecule has 164 valence electrons. The SMILES string of the molecule is Nc1cccc(CN2CCC(Nc3ncc(Cl)c(-c4c[nH]c5c4C=CCC=C5)n3)CC2)c1. The second kappa shape index (κ2) is 9.18. The molecule has 1 saturated heterocycles. The lowest BCUT2D eigenvalue weighted by atomic mass is 10.0. The number of allylic oxidation sites excluding steroid dienone is 2. The molecule has 0 bridgehead atoms. The lowest BCUT2D eigenvalue weighted by molar-refractivity contribution is 0.211. The number of anilines is 2. The molecule has 0 amide bonds. The van der Waals surface area contributed by atoms with E-state index in [-0.39, 0.29) is 0 Å². The summed E-state index contributed by atoms with van der Waals surface area (Å²) < 4.78 is 0. The van der Waals surface area contributed by atoms with E-state index in [1.54, 1.807) is 6.20 Å². The minimum absolute atomic E-state index is 0.340. The van der Waals surface area contributed by atoms with E-state index in [2.05, 4.69) is 56.6 Å². The molecule has 2 aliphatic rings. The molecule has 0 unspecified atom stereocenters. The number of hydrogen-bond donors (Lipinski definition) is 3. The van der Waals surface area contributed by atoms with Gasteiger partial charge in [-0.15, -0.1) is 0 Å². The largest absolute Gasteiger partial charge is 0.399 e. The van der Waals surface area contributed by atoms with Gasteiger partial charge in [-0.2, -0.15) is 0 Å². The Bertz CT molecular complexity index is 1160. The monoisotopic (exact) mass is 446 g/mol. The summed E-state index contributed by atoms with van der Waals surface area (Å²) in [5, 5.41) is 4.08. The van der Waals surface area contributed by atoms with Crippen molar-refractivity contribution >= 4 is 35.4 Å². The number of fused-ring (bicyclic) bond motifs is 1. The summed E-state index contributed by atoms with van der Waals surface area (Å²) in [6.45, 7) is 2.98. The van der Waals surface area contributed by atoms with E-state index in [9.17, 15) is 0 Å². The summed E-state index contributed by atoms with van der Waals surface area (Å²) in [5.41, 5.74) is 11.9. The summed E-state index contributed by atoms with van der Waals surface area (Å²) in [5.74, 6) is 0.627. The van der Waals surface area contributed by atoms with Crippen LogP contribution in [0.3, 0.4) is 0 Å². The molecule has 1 aliphatic heterocycles. The van der Waals surface area contributed by atoms with Crippen LogP contribution in [0.15, 0.2) is 48.8 Å². The summed E-state index contributed by atoms with van der Waals surface area (Å²) in [7, 11) is 0. The highest BCUT2D eigenvalue weighted by Crippen LogP contribution is 2.33. The molecular weight excluding hydrogens is 420 g/mol. The van der Waals surface area contributed by atoms with Crippen molar-refractivity contribution in [3.63, 3.8) is 0 Å². The van der Waals surface area contributed by atoms with Gasteiger partial charge in [-0.3, -0.25) is 4.90 Å². The zero-order valence-corrected chi connectivity index (χ0v) is 18.6. The van der Waals surface area contributed by atoms with Crippen LogP contribution in [0.5, 0.6) is 0 Å². The van der Waals surface area contributed by atoms with Gasteiger partial charge in [-0.1, -0.05) is 42.0 Å². The minimum Gasteiger partial charge on any atom is -0.399 e. The highest BCUT2D eigenvalue weighted by atomic mass is 35.5. The van der Waals surface area contributed by atoms with Crippen molar-refractivity contribution in [3.05, 3.63) is 70.7 Å². The maximum absolute atomic E-state index is 6.50. The number of benzene rings is 1. The molecule has 3 aromatic rings. The van der Waals surface area contributed by atoms with Crippen molar-refractivity contribution in [1.29, 1.82) is 0 Å². The number of nitrogens with one attached hydrogen (secondary N) is 2. The molecular formula is C25H27ClN6. The lowest BCUT2D eigenvalue weighted by Crippen LogP contribution is -2.39. The first-order valence-electron chi connectivity index (χ1n) is 11.1. The molecule has 0 atom stereocenters. The van der Waals surface area contributed by atoms with E-state index in [0.717, 1.165) is 67.1 Å². The predicted octanol–water partition coefficient (Wildman–Crippen LogP) is 5.21. The van der Waals surface area contributed by atoms with Crippen LogP contribution in [0, 0.1) is 0 Å². The normalized spacial score (nSPS) is 16.7. The van der Waals surface area contributed by atoms with Gasteiger partial charge in [0.2, 0.25) is 5.95 Å². The van der Waals surface area contributed by atoms with Gasteiger partial charge in [-0.25, -0.2) is 9.97 Å². The van der Waals surface area contributed by atoms with Crippen molar-refractivity contribution < 1.29 is 0 Å². The van der Waals surface area contributed by atoms with Gasteiger partial charge in [0.25, 0.3) is 0 Å². The molecule has 1 fully saturated rings. The van der Waals surface area contributed by atoms with Gasteiger partial charge in [-0.05, 0) is 43.0 Å². The van der Waals surface area contributed by atoms with Crippen molar-refractivity contribution in [2.75, 3.05) is 24.1 Å². The number of aromatic nitrogens is 3. The maximum atomic E-state index is 6.50. The molecule has 3 heterocycles. The summed E-state index contributed by atoms with van der Waals surface area (Å²) in [6, 6.07) is 8.48. The minimum atomic E-state index is 0.340. The standard InChI is InChI=1S/C25H27ClN6/c26-22-15-29-25(31-24(22)21-14-28-23-8-3-1-2-7-20(21)23)30-19-9-11-32(12-10-19)16-17-5-4-6-18(27)13-17/h2-8,13-15,19,28H,1,9-12,16,27H2,(H,29,30,31). The van der Waals surface area contributed by atoms with Gasteiger partial charge < -0.3 is 16.0 Å². The summed E-state index contributed by atoms with van der Waals surface area (Å²) in [4.78, 5) is 15.0.